The van der Waals surface area contributed by atoms with Gasteiger partial charge in [-0.05, 0) is 110 Å². The molecule has 0 radical (unpaired) electrons. The number of carbonyl (C=O) groups excluding carboxylic acids is 2. The third-order valence-electron chi connectivity index (χ3n) is 14.5. The average molecular weight is 587 g/mol. The Labute approximate surface area is 251 Å². The van der Waals surface area contributed by atoms with Gasteiger partial charge in [0.15, 0.2) is 0 Å². The second-order valence-corrected chi connectivity index (χ2v) is 16.8. The van der Waals surface area contributed by atoms with E-state index < -0.39 is 12.2 Å². The number of primary amides is 1. The quantitative estimate of drug-likeness (QED) is 0.435. The molecule has 10 unspecified atom stereocenters. The fourth-order valence-corrected chi connectivity index (χ4v) is 12.7. The number of nitrogens with zero attached hydrogens (tertiary/aromatic N) is 1. The summed E-state index contributed by atoms with van der Waals surface area (Å²) < 4.78 is 18.7. The molecule has 0 bridgehead atoms. The van der Waals surface area contributed by atoms with Crippen molar-refractivity contribution < 1.29 is 28.9 Å². The zero-order valence-corrected chi connectivity index (χ0v) is 26.6. The molecule has 7 aliphatic rings. The second-order valence-electron chi connectivity index (χ2n) is 16.8. The molecule has 7 fully saturated rings. The van der Waals surface area contributed by atoms with Gasteiger partial charge < -0.3 is 30.0 Å². The Morgan fingerprint density at radius 1 is 1.02 bits per heavy atom. The van der Waals surface area contributed by atoms with Crippen LogP contribution in [0.1, 0.15) is 99.3 Å². The summed E-state index contributed by atoms with van der Waals surface area (Å²) in [6.07, 6.45) is 7.52. The van der Waals surface area contributed by atoms with Gasteiger partial charge in [0.05, 0.1) is 18.3 Å². The van der Waals surface area contributed by atoms with Crippen LogP contribution in [-0.2, 0) is 14.2 Å². The SMILES string of the molecule is CC1CC([C@H](OC(=O)N2CCC2)C(C)C)OC2C(O)C3C4CCC5C(C)(C)[C@@H](OC(N)=O)CCC56C[C@@]46CCC3(C)C12. The van der Waals surface area contributed by atoms with Crippen molar-refractivity contribution >= 4 is 12.2 Å². The molecule has 8 heteroatoms. The minimum atomic E-state index is -0.657. The average Bonchev–Trinajstić information content (AvgIpc) is 3.48. The van der Waals surface area contributed by atoms with Gasteiger partial charge in [-0.3, -0.25) is 0 Å². The van der Waals surface area contributed by atoms with Gasteiger partial charge >= 0.3 is 12.2 Å². The fourth-order valence-electron chi connectivity index (χ4n) is 12.7. The topological polar surface area (TPSA) is 111 Å². The molecule has 8 nitrogen and oxygen atoms in total. The molecule has 2 spiro atoms. The molecule has 2 amide bonds. The van der Waals surface area contributed by atoms with Crippen molar-refractivity contribution in [1.82, 2.24) is 4.90 Å². The molecule has 3 N–H and O–H groups in total. The van der Waals surface area contributed by atoms with Gasteiger partial charge in [-0.25, -0.2) is 9.59 Å². The highest BCUT2D eigenvalue weighted by Crippen LogP contribution is 2.87. The van der Waals surface area contributed by atoms with E-state index in [4.69, 9.17) is 19.9 Å². The minimum Gasteiger partial charge on any atom is -0.446 e. The van der Waals surface area contributed by atoms with Crippen molar-refractivity contribution in [2.24, 2.45) is 62.9 Å². The Kier molecular flexibility index (Phi) is 6.59. The lowest BCUT2D eigenvalue weighted by Gasteiger charge is -2.59. The smallest absolute Gasteiger partial charge is 0.410 e. The van der Waals surface area contributed by atoms with Crippen LogP contribution in [0.15, 0.2) is 0 Å². The number of rotatable bonds is 4. The summed E-state index contributed by atoms with van der Waals surface area (Å²) in [6, 6.07) is 0. The van der Waals surface area contributed by atoms with Gasteiger partial charge in [-0.2, -0.15) is 0 Å². The standard InChI is InChI=1S/C34H54N2O6/c1-18(2)27(42-30(39)36-14-7-15-36)21-16-19(3)24-28(40-21)26(37)25-20-8-9-22-31(4,5)23(41-29(35)38)10-11-34(22)17-33(20,34)13-12-32(24,25)6/h18-28,37H,7-17H2,1-6H3,(H2,35,38)/t19?,20?,21?,22?,23-,24?,25?,26?,27+,28?,32?,33-,34?/m0/s1. The van der Waals surface area contributed by atoms with E-state index in [1.807, 2.05) is 0 Å². The normalized spacial score (nSPS) is 50.7. The van der Waals surface area contributed by atoms with Crippen LogP contribution in [0.5, 0.6) is 0 Å². The summed E-state index contributed by atoms with van der Waals surface area (Å²) in [5, 5.41) is 12.3. The lowest BCUT2D eigenvalue weighted by molar-refractivity contribution is -0.180. The first-order valence-electron chi connectivity index (χ1n) is 17.0. The van der Waals surface area contributed by atoms with Crippen molar-refractivity contribution in [2.45, 2.75) is 130 Å². The van der Waals surface area contributed by atoms with Gasteiger partial charge in [0.2, 0.25) is 0 Å². The molecular weight excluding hydrogens is 532 g/mol. The van der Waals surface area contributed by atoms with Gasteiger partial charge in [0.25, 0.3) is 0 Å². The molecule has 13 atom stereocenters. The van der Waals surface area contributed by atoms with E-state index in [9.17, 15) is 14.7 Å². The van der Waals surface area contributed by atoms with E-state index in [2.05, 4.69) is 41.5 Å². The molecule has 5 aliphatic carbocycles. The van der Waals surface area contributed by atoms with Crippen LogP contribution in [0, 0.1) is 57.2 Å². The molecule has 0 aromatic rings. The third-order valence-corrected chi connectivity index (χ3v) is 14.5. The molecule has 2 saturated heterocycles. The molecule has 2 heterocycles. The maximum atomic E-state index is 12.8. The number of ether oxygens (including phenoxy) is 3. The van der Waals surface area contributed by atoms with Crippen LogP contribution < -0.4 is 5.73 Å². The summed E-state index contributed by atoms with van der Waals surface area (Å²) in [5.41, 5.74) is 5.99. The zero-order chi connectivity index (χ0) is 30.0. The number of aliphatic hydroxyl groups is 1. The molecule has 7 rings (SSSR count). The number of carbonyl (C=O) groups is 2. The first-order valence-corrected chi connectivity index (χ1v) is 17.0. The number of likely N-dealkylation sites (tertiary alicyclic amines) is 1. The van der Waals surface area contributed by atoms with E-state index in [1.54, 1.807) is 4.90 Å². The molecule has 2 aliphatic heterocycles. The van der Waals surface area contributed by atoms with Crippen molar-refractivity contribution in [1.29, 1.82) is 0 Å². The van der Waals surface area contributed by atoms with Crippen molar-refractivity contribution in [3.8, 4) is 0 Å². The number of aliphatic hydroxyl groups excluding tert-OH is 1. The van der Waals surface area contributed by atoms with Gasteiger partial charge in [0, 0.05) is 18.5 Å². The number of hydrogen-bond acceptors (Lipinski definition) is 6. The number of fused-ring (bicyclic) bond motifs is 4. The Morgan fingerprint density at radius 3 is 2.40 bits per heavy atom. The second kappa shape index (κ2) is 9.48. The van der Waals surface area contributed by atoms with Crippen molar-refractivity contribution in [2.75, 3.05) is 13.1 Å². The Bertz CT molecular complexity index is 1120. The summed E-state index contributed by atoms with van der Waals surface area (Å²) in [5.74, 6) is 2.08. The minimum absolute atomic E-state index is 0.0461. The van der Waals surface area contributed by atoms with Gasteiger partial charge in [-0.1, -0.05) is 41.5 Å². The third kappa shape index (κ3) is 3.78. The zero-order valence-electron chi connectivity index (χ0n) is 26.6. The van der Waals surface area contributed by atoms with E-state index in [0.717, 1.165) is 58.0 Å². The summed E-state index contributed by atoms with van der Waals surface area (Å²) in [7, 11) is 0. The number of hydrogen-bond donors (Lipinski definition) is 2. The van der Waals surface area contributed by atoms with E-state index in [-0.39, 0.29) is 64.0 Å². The highest BCUT2D eigenvalue weighted by atomic mass is 16.6. The predicted molar refractivity (Wildman–Crippen MR) is 157 cm³/mol. The summed E-state index contributed by atoms with van der Waals surface area (Å²) in [4.78, 5) is 26.3. The fraction of sp³-hybridized carbons (Fsp3) is 0.941. The first-order chi connectivity index (χ1) is 19.8. The van der Waals surface area contributed by atoms with Crippen LogP contribution in [0.2, 0.25) is 0 Å². The molecule has 236 valence electrons. The van der Waals surface area contributed by atoms with E-state index >= 15 is 0 Å². The van der Waals surface area contributed by atoms with Crippen LogP contribution in [0.4, 0.5) is 9.59 Å². The highest BCUT2D eigenvalue weighted by molar-refractivity contribution is 5.68. The highest BCUT2D eigenvalue weighted by Gasteiger charge is 2.82. The maximum Gasteiger partial charge on any atom is 0.410 e. The van der Waals surface area contributed by atoms with Crippen LogP contribution in [0.3, 0.4) is 0 Å². The van der Waals surface area contributed by atoms with E-state index in [1.165, 1.54) is 12.8 Å². The molecule has 0 aromatic heterocycles. The molecule has 42 heavy (non-hydrogen) atoms. The van der Waals surface area contributed by atoms with E-state index in [0.29, 0.717) is 23.7 Å². The molecule has 5 saturated carbocycles. The molecular formula is C34H54N2O6. The maximum absolute atomic E-state index is 12.8. The lowest BCUT2D eigenvalue weighted by Crippen LogP contribution is -2.56. The Hall–Kier alpha value is -1.54. The first kappa shape index (κ1) is 29.2. The lowest BCUT2D eigenvalue weighted by atomic mass is 9.46. The largest absolute Gasteiger partial charge is 0.446 e. The Morgan fingerprint density at radius 2 is 1.76 bits per heavy atom. The van der Waals surface area contributed by atoms with Crippen LogP contribution in [-0.4, -0.2) is 65.8 Å². The predicted octanol–water partition coefficient (Wildman–Crippen LogP) is 5.74. The summed E-state index contributed by atoms with van der Waals surface area (Å²) in [6.45, 7) is 15.2. The number of amides is 2. The number of nitrogens with two attached hydrogens (primary N) is 1. The van der Waals surface area contributed by atoms with Gasteiger partial charge in [0.1, 0.15) is 12.2 Å². The molecule has 0 aromatic carbocycles. The Balaban J connectivity index is 1.13. The monoisotopic (exact) mass is 586 g/mol. The van der Waals surface area contributed by atoms with Crippen molar-refractivity contribution in [3.63, 3.8) is 0 Å². The van der Waals surface area contributed by atoms with Crippen LogP contribution >= 0.6 is 0 Å². The van der Waals surface area contributed by atoms with Gasteiger partial charge in [-0.15, -0.1) is 0 Å². The van der Waals surface area contributed by atoms with Crippen molar-refractivity contribution in [3.05, 3.63) is 0 Å². The summed E-state index contributed by atoms with van der Waals surface area (Å²) >= 11 is 0. The van der Waals surface area contributed by atoms with Crippen LogP contribution in [0.25, 0.3) is 0 Å².